The lowest BCUT2D eigenvalue weighted by atomic mass is 10.2. The van der Waals surface area contributed by atoms with Crippen molar-refractivity contribution in [3.8, 4) is 0 Å². The number of rotatable bonds is 5. The predicted molar refractivity (Wildman–Crippen MR) is 89.7 cm³/mol. The first kappa shape index (κ1) is 14.9. The molecule has 1 aromatic carbocycles. The van der Waals surface area contributed by atoms with Gasteiger partial charge >= 0.3 is 0 Å². The highest BCUT2D eigenvalue weighted by Gasteiger charge is 2.08. The highest BCUT2D eigenvalue weighted by atomic mass is 16.1. The van der Waals surface area contributed by atoms with Gasteiger partial charge in [0.2, 0.25) is 0 Å². The van der Waals surface area contributed by atoms with Crippen LogP contribution in [0.1, 0.15) is 23.8 Å². The highest BCUT2D eigenvalue weighted by molar-refractivity contribution is 5.93. The summed E-state index contributed by atoms with van der Waals surface area (Å²) in [6, 6.07) is 13.2. The Morgan fingerprint density at radius 3 is 2.74 bits per heavy atom. The maximum absolute atomic E-state index is 11.8. The Morgan fingerprint density at radius 1 is 1.09 bits per heavy atom. The molecule has 0 aliphatic carbocycles. The van der Waals surface area contributed by atoms with Gasteiger partial charge in [-0.1, -0.05) is 25.1 Å². The number of hydrogen-bond donors (Lipinski definition) is 2. The maximum Gasteiger partial charge on any atom is 0.271 e. The SMILES string of the molecule is CCCNC(=O)c1ccc(Nc2cccc3cccnc23)nn1. The summed E-state index contributed by atoms with van der Waals surface area (Å²) in [7, 11) is 0. The molecule has 3 rings (SSSR count). The molecule has 0 aliphatic heterocycles. The van der Waals surface area contributed by atoms with Gasteiger partial charge in [0.15, 0.2) is 11.5 Å². The van der Waals surface area contributed by atoms with Crippen LogP contribution in [0.4, 0.5) is 11.5 Å². The molecule has 2 heterocycles. The number of carbonyl (C=O) groups is 1. The quantitative estimate of drug-likeness (QED) is 0.757. The fourth-order valence-electron chi connectivity index (χ4n) is 2.19. The molecule has 3 aromatic rings. The van der Waals surface area contributed by atoms with Crippen LogP contribution in [0.3, 0.4) is 0 Å². The van der Waals surface area contributed by atoms with Gasteiger partial charge in [0.25, 0.3) is 5.91 Å². The van der Waals surface area contributed by atoms with Crippen molar-refractivity contribution in [2.24, 2.45) is 0 Å². The fraction of sp³-hybridized carbons (Fsp3) is 0.176. The summed E-state index contributed by atoms with van der Waals surface area (Å²) in [6.07, 6.45) is 2.63. The molecule has 2 aromatic heterocycles. The smallest absolute Gasteiger partial charge is 0.271 e. The average molecular weight is 307 g/mol. The zero-order valence-electron chi connectivity index (χ0n) is 12.8. The van der Waals surface area contributed by atoms with Gasteiger partial charge in [0.1, 0.15) is 0 Å². The molecule has 0 bridgehead atoms. The number of carbonyl (C=O) groups excluding carboxylic acids is 1. The number of anilines is 2. The first-order valence-electron chi connectivity index (χ1n) is 7.50. The Morgan fingerprint density at radius 2 is 1.96 bits per heavy atom. The molecule has 1 amide bonds. The van der Waals surface area contributed by atoms with E-state index in [-0.39, 0.29) is 5.91 Å². The van der Waals surface area contributed by atoms with Gasteiger partial charge in [-0.2, -0.15) is 0 Å². The second-order valence-corrected chi connectivity index (χ2v) is 5.07. The van der Waals surface area contributed by atoms with Crippen molar-refractivity contribution in [3.63, 3.8) is 0 Å². The number of benzene rings is 1. The lowest BCUT2D eigenvalue weighted by Gasteiger charge is -2.08. The van der Waals surface area contributed by atoms with Crippen LogP contribution in [0.25, 0.3) is 10.9 Å². The summed E-state index contributed by atoms with van der Waals surface area (Å²) in [5.41, 5.74) is 2.02. The molecule has 2 N–H and O–H groups in total. The molecular formula is C17H17N5O. The largest absolute Gasteiger partial charge is 0.351 e. The Balaban J connectivity index is 1.79. The normalized spacial score (nSPS) is 10.5. The van der Waals surface area contributed by atoms with Crippen LogP contribution < -0.4 is 10.6 Å². The number of para-hydroxylation sites is 1. The lowest BCUT2D eigenvalue weighted by Crippen LogP contribution is -2.25. The molecule has 0 atom stereocenters. The van der Waals surface area contributed by atoms with Crippen LogP contribution in [0.5, 0.6) is 0 Å². The monoisotopic (exact) mass is 307 g/mol. The second kappa shape index (κ2) is 6.83. The van der Waals surface area contributed by atoms with Crippen LogP contribution in [-0.4, -0.2) is 27.6 Å². The summed E-state index contributed by atoms with van der Waals surface area (Å²) >= 11 is 0. The molecule has 0 saturated heterocycles. The van der Waals surface area contributed by atoms with E-state index in [1.165, 1.54) is 0 Å². The number of nitrogens with one attached hydrogen (secondary N) is 2. The average Bonchev–Trinajstić information content (AvgIpc) is 2.60. The van der Waals surface area contributed by atoms with Crippen molar-refractivity contribution >= 4 is 28.3 Å². The topological polar surface area (TPSA) is 79.8 Å². The van der Waals surface area contributed by atoms with Crippen molar-refractivity contribution < 1.29 is 4.79 Å². The molecule has 0 saturated carbocycles. The summed E-state index contributed by atoms with van der Waals surface area (Å²) in [6.45, 7) is 2.62. The molecule has 0 unspecified atom stereocenters. The van der Waals surface area contributed by atoms with Gasteiger partial charge in [0.05, 0.1) is 11.2 Å². The first-order valence-corrected chi connectivity index (χ1v) is 7.50. The summed E-state index contributed by atoms with van der Waals surface area (Å²) in [5.74, 6) is 0.355. The molecule has 116 valence electrons. The third-order valence-corrected chi connectivity index (χ3v) is 3.33. The van der Waals surface area contributed by atoms with Crippen molar-refractivity contribution in [3.05, 3.63) is 54.4 Å². The summed E-state index contributed by atoms with van der Waals surface area (Å²) in [4.78, 5) is 16.2. The van der Waals surface area contributed by atoms with Crippen LogP contribution >= 0.6 is 0 Å². The van der Waals surface area contributed by atoms with Crippen LogP contribution in [0.15, 0.2) is 48.7 Å². The van der Waals surface area contributed by atoms with E-state index in [0.717, 1.165) is 23.0 Å². The number of fused-ring (bicyclic) bond motifs is 1. The van der Waals surface area contributed by atoms with Gasteiger partial charge in [-0.25, -0.2) is 0 Å². The van der Waals surface area contributed by atoms with Crippen molar-refractivity contribution in [2.75, 3.05) is 11.9 Å². The van der Waals surface area contributed by atoms with Crippen LogP contribution in [-0.2, 0) is 0 Å². The third-order valence-electron chi connectivity index (χ3n) is 3.33. The zero-order chi connectivity index (χ0) is 16.1. The minimum Gasteiger partial charge on any atom is -0.351 e. The number of hydrogen-bond acceptors (Lipinski definition) is 5. The van der Waals surface area contributed by atoms with E-state index >= 15 is 0 Å². The lowest BCUT2D eigenvalue weighted by molar-refractivity contribution is 0.0947. The molecule has 0 fully saturated rings. The van der Waals surface area contributed by atoms with E-state index in [0.29, 0.717) is 18.1 Å². The first-order chi connectivity index (χ1) is 11.3. The van der Waals surface area contributed by atoms with Crippen molar-refractivity contribution in [1.29, 1.82) is 0 Å². The Hall–Kier alpha value is -3.02. The number of pyridine rings is 1. The van der Waals surface area contributed by atoms with E-state index in [4.69, 9.17) is 0 Å². The zero-order valence-corrected chi connectivity index (χ0v) is 12.8. The molecule has 0 radical (unpaired) electrons. The molecular weight excluding hydrogens is 290 g/mol. The minimum atomic E-state index is -0.210. The standard InChI is InChI=1S/C17H17N5O/c1-2-10-19-17(23)14-8-9-15(22-21-14)20-13-7-3-5-12-6-4-11-18-16(12)13/h3-9,11H,2,10H2,1H3,(H,19,23)(H,20,22). The van der Waals surface area contributed by atoms with E-state index in [9.17, 15) is 4.79 Å². The van der Waals surface area contributed by atoms with E-state index < -0.39 is 0 Å². The van der Waals surface area contributed by atoms with Crippen molar-refractivity contribution in [2.45, 2.75) is 13.3 Å². The molecule has 23 heavy (non-hydrogen) atoms. The van der Waals surface area contributed by atoms with Gasteiger partial charge in [0, 0.05) is 18.1 Å². The van der Waals surface area contributed by atoms with E-state index in [1.54, 1.807) is 18.3 Å². The predicted octanol–water partition coefficient (Wildman–Crippen LogP) is 2.91. The van der Waals surface area contributed by atoms with Gasteiger partial charge in [-0.3, -0.25) is 9.78 Å². The van der Waals surface area contributed by atoms with Crippen LogP contribution in [0, 0.1) is 0 Å². The molecule has 0 spiro atoms. The fourth-order valence-corrected chi connectivity index (χ4v) is 2.19. The number of nitrogens with zero attached hydrogens (tertiary/aromatic N) is 3. The number of aromatic nitrogens is 3. The van der Waals surface area contributed by atoms with Gasteiger partial charge < -0.3 is 10.6 Å². The maximum atomic E-state index is 11.8. The Bertz CT molecular complexity index is 811. The molecule has 0 aliphatic rings. The Labute approximate surface area is 134 Å². The molecule has 6 heteroatoms. The summed E-state index contributed by atoms with van der Waals surface area (Å²) < 4.78 is 0. The third kappa shape index (κ3) is 3.42. The van der Waals surface area contributed by atoms with Gasteiger partial charge in [-0.05, 0) is 30.7 Å². The number of amides is 1. The van der Waals surface area contributed by atoms with E-state index in [1.807, 2.05) is 37.3 Å². The Kier molecular flexibility index (Phi) is 4.42. The van der Waals surface area contributed by atoms with Crippen LogP contribution in [0.2, 0.25) is 0 Å². The van der Waals surface area contributed by atoms with Gasteiger partial charge in [-0.15, -0.1) is 10.2 Å². The van der Waals surface area contributed by atoms with Crippen molar-refractivity contribution in [1.82, 2.24) is 20.5 Å². The second-order valence-electron chi connectivity index (χ2n) is 5.07. The highest BCUT2D eigenvalue weighted by Crippen LogP contribution is 2.23. The minimum absolute atomic E-state index is 0.210. The molecule has 6 nitrogen and oxygen atoms in total. The summed E-state index contributed by atoms with van der Waals surface area (Å²) in [5, 5.41) is 15.0. The van der Waals surface area contributed by atoms with E-state index in [2.05, 4.69) is 25.8 Å².